The molecule has 19 heavy (non-hydrogen) atoms. The van der Waals surface area contributed by atoms with E-state index in [1.807, 2.05) is 12.1 Å². The van der Waals surface area contributed by atoms with Crippen LogP contribution >= 0.6 is 0 Å². The fourth-order valence-corrected chi connectivity index (χ4v) is 2.28. The van der Waals surface area contributed by atoms with E-state index in [1.54, 1.807) is 21.3 Å². The SMILES string of the molecule is COCc1cc(COC)c(O)c(C(OC)C(C)C)c1. The molecule has 0 aliphatic heterocycles. The van der Waals surface area contributed by atoms with Gasteiger partial charge in [0.15, 0.2) is 0 Å². The maximum atomic E-state index is 10.4. The van der Waals surface area contributed by atoms with E-state index in [9.17, 15) is 5.11 Å². The summed E-state index contributed by atoms with van der Waals surface area (Å²) in [5, 5.41) is 10.4. The third kappa shape index (κ3) is 3.93. The van der Waals surface area contributed by atoms with Gasteiger partial charge in [-0.1, -0.05) is 13.8 Å². The zero-order valence-corrected chi connectivity index (χ0v) is 12.4. The van der Waals surface area contributed by atoms with Gasteiger partial charge in [0, 0.05) is 32.5 Å². The normalized spacial score (nSPS) is 12.9. The summed E-state index contributed by atoms with van der Waals surface area (Å²) in [6, 6.07) is 3.84. The molecule has 0 aliphatic carbocycles. The van der Waals surface area contributed by atoms with Crippen LogP contribution < -0.4 is 0 Å². The lowest BCUT2D eigenvalue weighted by atomic mass is 9.94. The van der Waals surface area contributed by atoms with Gasteiger partial charge in [0.05, 0.1) is 19.3 Å². The smallest absolute Gasteiger partial charge is 0.126 e. The van der Waals surface area contributed by atoms with E-state index in [0.717, 1.165) is 16.7 Å². The van der Waals surface area contributed by atoms with Crippen LogP contribution in [0.3, 0.4) is 0 Å². The molecule has 0 fully saturated rings. The van der Waals surface area contributed by atoms with Crippen molar-refractivity contribution in [3.63, 3.8) is 0 Å². The molecule has 0 aliphatic rings. The van der Waals surface area contributed by atoms with Crippen molar-refractivity contribution in [2.75, 3.05) is 21.3 Å². The van der Waals surface area contributed by atoms with Crippen LogP contribution in [-0.2, 0) is 27.4 Å². The molecule has 0 saturated carbocycles. The van der Waals surface area contributed by atoms with Crippen LogP contribution in [0.1, 0.15) is 36.6 Å². The van der Waals surface area contributed by atoms with Gasteiger partial charge in [-0.3, -0.25) is 0 Å². The van der Waals surface area contributed by atoms with Crippen molar-refractivity contribution in [2.45, 2.75) is 33.2 Å². The lowest BCUT2D eigenvalue weighted by molar-refractivity contribution is 0.0620. The Hall–Kier alpha value is -1.10. The lowest BCUT2D eigenvalue weighted by Crippen LogP contribution is -2.11. The Bertz CT molecular complexity index is 401. The average Bonchev–Trinajstić information content (AvgIpc) is 2.35. The Morgan fingerprint density at radius 1 is 1.05 bits per heavy atom. The summed E-state index contributed by atoms with van der Waals surface area (Å²) in [5.41, 5.74) is 2.55. The molecule has 4 heteroatoms. The highest BCUT2D eigenvalue weighted by molar-refractivity contribution is 5.45. The first-order valence-electron chi connectivity index (χ1n) is 6.40. The Balaban J connectivity index is 3.26. The van der Waals surface area contributed by atoms with E-state index in [4.69, 9.17) is 14.2 Å². The second-order valence-corrected chi connectivity index (χ2v) is 4.96. The largest absolute Gasteiger partial charge is 0.507 e. The van der Waals surface area contributed by atoms with Crippen molar-refractivity contribution >= 4 is 0 Å². The molecule has 0 heterocycles. The van der Waals surface area contributed by atoms with Gasteiger partial charge >= 0.3 is 0 Å². The minimum atomic E-state index is -0.146. The number of aromatic hydroxyl groups is 1. The van der Waals surface area contributed by atoms with Gasteiger partial charge < -0.3 is 19.3 Å². The summed E-state index contributed by atoms with van der Waals surface area (Å²) in [6.45, 7) is 4.99. The zero-order valence-electron chi connectivity index (χ0n) is 12.4. The number of phenolic OH excluding ortho intramolecular Hbond substituents is 1. The number of benzene rings is 1. The number of hydrogen-bond donors (Lipinski definition) is 1. The van der Waals surface area contributed by atoms with E-state index in [2.05, 4.69) is 13.8 Å². The van der Waals surface area contributed by atoms with Gasteiger partial charge in [0.25, 0.3) is 0 Å². The third-order valence-corrected chi connectivity index (χ3v) is 3.05. The Morgan fingerprint density at radius 2 is 1.68 bits per heavy atom. The second-order valence-electron chi connectivity index (χ2n) is 4.96. The number of methoxy groups -OCH3 is 3. The molecule has 1 N–H and O–H groups in total. The van der Waals surface area contributed by atoms with E-state index in [-0.39, 0.29) is 17.8 Å². The molecule has 1 rings (SSSR count). The quantitative estimate of drug-likeness (QED) is 0.825. The summed E-state index contributed by atoms with van der Waals surface area (Å²) in [6.07, 6.45) is -0.146. The first-order valence-corrected chi connectivity index (χ1v) is 6.40. The molecule has 108 valence electrons. The molecule has 1 aromatic rings. The van der Waals surface area contributed by atoms with Crippen molar-refractivity contribution in [1.82, 2.24) is 0 Å². The Morgan fingerprint density at radius 3 is 2.16 bits per heavy atom. The summed E-state index contributed by atoms with van der Waals surface area (Å²) >= 11 is 0. The topological polar surface area (TPSA) is 47.9 Å². The highest BCUT2D eigenvalue weighted by Crippen LogP contribution is 2.35. The molecule has 1 atom stereocenters. The van der Waals surface area contributed by atoms with Gasteiger partial charge in [-0.05, 0) is 23.6 Å². The molecule has 1 unspecified atom stereocenters. The molecule has 0 bridgehead atoms. The molecule has 0 spiro atoms. The minimum absolute atomic E-state index is 0.146. The molecule has 0 aromatic heterocycles. The Kier molecular flexibility index (Phi) is 6.28. The first kappa shape index (κ1) is 16.0. The van der Waals surface area contributed by atoms with Crippen LogP contribution in [0.25, 0.3) is 0 Å². The van der Waals surface area contributed by atoms with Gasteiger partial charge in [0.1, 0.15) is 5.75 Å². The van der Waals surface area contributed by atoms with Crippen LogP contribution in [0.4, 0.5) is 0 Å². The number of phenols is 1. The summed E-state index contributed by atoms with van der Waals surface area (Å²) in [5.74, 6) is 0.520. The molecular weight excluding hydrogens is 244 g/mol. The fourth-order valence-electron chi connectivity index (χ4n) is 2.28. The van der Waals surface area contributed by atoms with Crippen molar-refractivity contribution < 1.29 is 19.3 Å². The highest BCUT2D eigenvalue weighted by atomic mass is 16.5. The molecular formula is C15H24O4. The average molecular weight is 268 g/mol. The molecule has 4 nitrogen and oxygen atoms in total. The molecule has 0 saturated heterocycles. The van der Waals surface area contributed by atoms with Crippen LogP contribution in [0.15, 0.2) is 12.1 Å². The number of rotatable bonds is 7. The van der Waals surface area contributed by atoms with Crippen molar-refractivity contribution in [1.29, 1.82) is 0 Å². The zero-order chi connectivity index (χ0) is 14.4. The van der Waals surface area contributed by atoms with E-state index in [1.165, 1.54) is 0 Å². The third-order valence-electron chi connectivity index (χ3n) is 3.05. The predicted molar refractivity (Wildman–Crippen MR) is 74.1 cm³/mol. The van der Waals surface area contributed by atoms with Crippen LogP contribution in [0, 0.1) is 5.92 Å². The predicted octanol–water partition coefficient (Wildman–Crippen LogP) is 3.03. The monoisotopic (exact) mass is 268 g/mol. The van der Waals surface area contributed by atoms with Crippen LogP contribution in [-0.4, -0.2) is 26.4 Å². The molecule has 0 radical (unpaired) electrons. The van der Waals surface area contributed by atoms with Gasteiger partial charge in [0.2, 0.25) is 0 Å². The molecule has 1 aromatic carbocycles. The second kappa shape index (κ2) is 7.48. The van der Waals surface area contributed by atoms with Crippen molar-refractivity contribution in [3.05, 3.63) is 28.8 Å². The standard InChI is InChI=1S/C15H24O4/c1-10(2)15(19-5)13-7-11(8-17-3)6-12(9-18-4)14(13)16/h6-7,10,15-16H,8-9H2,1-5H3. The van der Waals surface area contributed by atoms with Crippen LogP contribution in [0.5, 0.6) is 5.75 Å². The van der Waals surface area contributed by atoms with Gasteiger partial charge in [-0.15, -0.1) is 0 Å². The summed E-state index contributed by atoms with van der Waals surface area (Å²) < 4.78 is 15.8. The highest BCUT2D eigenvalue weighted by Gasteiger charge is 2.21. The van der Waals surface area contributed by atoms with Crippen LogP contribution in [0.2, 0.25) is 0 Å². The number of ether oxygens (including phenoxy) is 3. The number of hydrogen-bond acceptors (Lipinski definition) is 4. The van der Waals surface area contributed by atoms with Crippen molar-refractivity contribution in [2.24, 2.45) is 5.92 Å². The Labute approximate surface area is 115 Å². The first-order chi connectivity index (χ1) is 9.04. The van der Waals surface area contributed by atoms with E-state index in [0.29, 0.717) is 13.2 Å². The fraction of sp³-hybridized carbons (Fsp3) is 0.600. The van der Waals surface area contributed by atoms with Gasteiger partial charge in [-0.25, -0.2) is 0 Å². The minimum Gasteiger partial charge on any atom is -0.507 e. The molecule has 0 amide bonds. The summed E-state index contributed by atoms with van der Waals surface area (Å²) in [7, 11) is 4.92. The van der Waals surface area contributed by atoms with E-state index < -0.39 is 0 Å². The van der Waals surface area contributed by atoms with Gasteiger partial charge in [-0.2, -0.15) is 0 Å². The maximum Gasteiger partial charge on any atom is 0.126 e. The maximum absolute atomic E-state index is 10.4. The van der Waals surface area contributed by atoms with E-state index >= 15 is 0 Å². The van der Waals surface area contributed by atoms with Crippen molar-refractivity contribution in [3.8, 4) is 5.75 Å². The lowest BCUT2D eigenvalue weighted by Gasteiger charge is -2.23. The summed E-state index contributed by atoms with van der Waals surface area (Å²) in [4.78, 5) is 0.